The highest BCUT2D eigenvalue weighted by Crippen LogP contribution is 2.39. The molecule has 1 atom stereocenters. The van der Waals surface area contributed by atoms with Gasteiger partial charge in [-0.1, -0.05) is 19.3 Å². The van der Waals surface area contributed by atoms with Crippen molar-refractivity contribution in [2.24, 2.45) is 0 Å². The molecule has 1 heterocycles. The number of carbonyl (C=O) groups is 2. The predicted molar refractivity (Wildman–Crippen MR) is 68.6 cm³/mol. The fraction of sp³-hybridized carbons (Fsp3) is 0.846. The van der Waals surface area contributed by atoms with Crippen molar-refractivity contribution in [2.75, 3.05) is 27.3 Å². The SMILES string of the molecule is COC[C@@H](O)CN1C(=O)N(C)C2(CCCCC2)C1=O. The van der Waals surface area contributed by atoms with Gasteiger partial charge in [0, 0.05) is 14.2 Å². The molecule has 108 valence electrons. The standard InChI is InChI=1S/C13H22N2O4/c1-14-12(18)15(8-10(16)9-19-2)11(17)13(14)6-4-3-5-7-13/h10,16H,3-9H2,1-2H3/t10-/m0/s1. The molecule has 1 aliphatic carbocycles. The van der Waals surface area contributed by atoms with E-state index in [0.717, 1.165) is 32.1 Å². The van der Waals surface area contributed by atoms with Gasteiger partial charge in [0.2, 0.25) is 0 Å². The van der Waals surface area contributed by atoms with E-state index in [1.807, 2.05) is 0 Å². The van der Waals surface area contributed by atoms with Gasteiger partial charge in [0.05, 0.1) is 19.3 Å². The van der Waals surface area contributed by atoms with Crippen molar-refractivity contribution >= 4 is 11.9 Å². The van der Waals surface area contributed by atoms with Crippen LogP contribution in [0.4, 0.5) is 4.79 Å². The second-order valence-corrected chi connectivity index (χ2v) is 5.46. The van der Waals surface area contributed by atoms with Crippen LogP contribution >= 0.6 is 0 Å². The van der Waals surface area contributed by atoms with Gasteiger partial charge in [0.1, 0.15) is 5.54 Å². The maximum atomic E-state index is 12.6. The molecule has 2 rings (SSSR count). The number of amides is 3. The van der Waals surface area contributed by atoms with Crippen molar-refractivity contribution in [3.05, 3.63) is 0 Å². The zero-order valence-electron chi connectivity index (χ0n) is 11.6. The molecule has 6 nitrogen and oxygen atoms in total. The Bertz CT molecular complexity index is 366. The van der Waals surface area contributed by atoms with Crippen LogP contribution in [0.1, 0.15) is 32.1 Å². The zero-order chi connectivity index (χ0) is 14.0. The largest absolute Gasteiger partial charge is 0.389 e. The highest BCUT2D eigenvalue weighted by atomic mass is 16.5. The summed E-state index contributed by atoms with van der Waals surface area (Å²) in [4.78, 5) is 27.5. The number of aliphatic hydroxyl groups excluding tert-OH is 1. The number of methoxy groups -OCH3 is 1. The molecule has 1 spiro atoms. The van der Waals surface area contributed by atoms with Crippen molar-refractivity contribution in [1.82, 2.24) is 9.80 Å². The molecular formula is C13H22N2O4. The average Bonchev–Trinajstić information content (AvgIpc) is 2.57. The summed E-state index contributed by atoms with van der Waals surface area (Å²) >= 11 is 0. The minimum absolute atomic E-state index is 0.0115. The Morgan fingerprint density at radius 2 is 1.95 bits per heavy atom. The van der Waals surface area contributed by atoms with Crippen molar-refractivity contribution in [3.63, 3.8) is 0 Å². The molecule has 2 aliphatic rings. The Kier molecular flexibility index (Phi) is 4.10. The van der Waals surface area contributed by atoms with Crippen LogP contribution in [0.25, 0.3) is 0 Å². The molecule has 0 unspecified atom stereocenters. The van der Waals surface area contributed by atoms with Crippen LogP contribution in [-0.2, 0) is 9.53 Å². The fourth-order valence-electron chi connectivity index (χ4n) is 3.15. The molecular weight excluding hydrogens is 248 g/mol. The lowest BCUT2D eigenvalue weighted by Gasteiger charge is -2.35. The Labute approximate surface area is 113 Å². The lowest BCUT2D eigenvalue weighted by Crippen LogP contribution is -2.49. The molecule has 0 aromatic heterocycles. The van der Waals surface area contributed by atoms with Crippen LogP contribution in [0.15, 0.2) is 0 Å². The number of urea groups is 1. The molecule has 19 heavy (non-hydrogen) atoms. The summed E-state index contributed by atoms with van der Waals surface area (Å²) in [5.41, 5.74) is -0.665. The number of hydrogen-bond acceptors (Lipinski definition) is 4. The number of hydrogen-bond donors (Lipinski definition) is 1. The summed E-state index contributed by atoms with van der Waals surface area (Å²) in [5, 5.41) is 9.73. The van der Waals surface area contributed by atoms with E-state index in [1.165, 1.54) is 12.0 Å². The van der Waals surface area contributed by atoms with Crippen LogP contribution < -0.4 is 0 Å². The third-order valence-corrected chi connectivity index (χ3v) is 4.24. The Morgan fingerprint density at radius 1 is 1.32 bits per heavy atom. The molecule has 2 fully saturated rings. The van der Waals surface area contributed by atoms with Gasteiger partial charge in [-0.2, -0.15) is 0 Å². The highest BCUT2D eigenvalue weighted by molar-refractivity contribution is 6.07. The van der Waals surface area contributed by atoms with Crippen LogP contribution in [0.5, 0.6) is 0 Å². The first-order valence-corrected chi connectivity index (χ1v) is 6.79. The van der Waals surface area contributed by atoms with E-state index in [9.17, 15) is 14.7 Å². The van der Waals surface area contributed by atoms with E-state index in [2.05, 4.69) is 0 Å². The predicted octanol–water partition coefficient (Wildman–Crippen LogP) is 0.591. The van der Waals surface area contributed by atoms with Gasteiger partial charge < -0.3 is 14.7 Å². The fourth-order valence-corrected chi connectivity index (χ4v) is 3.15. The highest BCUT2D eigenvalue weighted by Gasteiger charge is 2.55. The summed E-state index contributed by atoms with van der Waals surface area (Å²) < 4.78 is 4.84. The van der Waals surface area contributed by atoms with Crippen LogP contribution in [0.2, 0.25) is 0 Å². The molecule has 3 amide bonds. The monoisotopic (exact) mass is 270 g/mol. The number of nitrogens with zero attached hydrogens (tertiary/aromatic N) is 2. The van der Waals surface area contributed by atoms with E-state index >= 15 is 0 Å². The molecule has 1 saturated heterocycles. The third kappa shape index (κ3) is 2.34. The van der Waals surface area contributed by atoms with E-state index in [1.54, 1.807) is 11.9 Å². The first-order chi connectivity index (χ1) is 9.03. The second kappa shape index (κ2) is 5.46. The minimum Gasteiger partial charge on any atom is -0.389 e. The van der Waals surface area contributed by atoms with E-state index in [4.69, 9.17) is 4.74 Å². The number of β-amino-alcohol motifs (C(OH)–C–C–N with tert-alkyl or cyclic N) is 1. The molecule has 0 aromatic carbocycles. The van der Waals surface area contributed by atoms with Gasteiger partial charge >= 0.3 is 6.03 Å². The van der Waals surface area contributed by atoms with E-state index in [-0.39, 0.29) is 25.1 Å². The maximum Gasteiger partial charge on any atom is 0.327 e. The normalized spacial score (nSPS) is 24.4. The van der Waals surface area contributed by atoms with Gasteiger partial charge in [-0.3, -0.25) is 9.69 Å². The molecule has 1 aliphatic heterocycles. The Balaban J connectivity index is 2.14. The van der Waals surface area contributed by atoms with Gasteiger partial charge in [-0.05, 0) is 12.8 Å². The van der Waals surface area contributed by atoms with Crippen LogP contribution in [0.3, 0.4) is 0 Å². The van der Waals surface area contributed by atoms with Gasteiger partial charge in [0.25, 0.3) is 5.91 Å². The summed E-state index contributed by atoms with van der Waals surface area (Å²) in [5.74, 6) is -0.158. The minimum atomic E-state index is -0.829. The average molecular weight is 270 g/mol. The molecule has 0 bridgehead atoms. The van der Waals surface area contributed by atoms with Crippen molar-refractivity contribution in [3.8, 4) is 0 Å². The summed E-state index contributed by atoms with van der Waals surface area (Å²) in [6, 6.07) is -0.304. The first kappa shape index (κ1) is 14.3. The molecule has 1 saturated carbocycles. The molecule has 0 aromatic rings. The first-order valence-electron chi connectivity index (χ1n) is 6.79. The van der Waals surface area contributed by atoms with Gasteiger partial charge in [-0.15, -0.1) is 0 Å². The lowest BCUT2D eigenvalue weighted by atomic mass is 9.81. The smallest absolute Gasteiger partial charge is 0.327 e. The summed E-state index contributed by atoms with van der Waals surface area (Å²) in [6.45, 7) is 0.130. The number of aliphatic hydroxyl groups is 1. The topological polar surface area (TPSA) is 70.1 Å². The lowest BCUT2D eigenvalue weighted by molar-refractivity contribution is -0.135. The van der Waals surface area contributed by atoms with E-state index < -0.39 is 11.6 Å². The maximum absolute atomic E-state index is 12.6. The van der Waals surface area contributed by atoms with Crippen LogP contribution in [-0.4, -0.2) is 65.8 Å². The van der Waals surface area contributed by atoms with Gasteiger partial charge in [0.15, 0.2) is 0 Å². The Hall–Kier alpha value is -1.14. The zero-order valence-corrected chi connectivity index (χ0v) is 11.6. The number of rotatable bonds is 4. The van der Waals surface area contributed by atoms with Crippen molar-refractivity contribution in [2.45, 2.75) is 43.7 Å². The van der Waals surface area contributed by atoms with Crippen LogP contribution in [0, 0.1) is 0 Å². The van der Waals surface area contributed by atoms with Crippen molar-refractivity contribution in [1.29, 1.82) is 0 Å². The Morgan fingerprint density at radius 3 is 2.53 bits per heavy atom. The molecule has 1 N–H and O–H groups in total. The van der Waals surface area contributed by atoms with Crippen molar-refractivity contribution < 1.29 is 19.4 Å². The summed E-state index contributed by atoms with van der Waals surface area (Å²) in [7, 11) is 3.17. The molecule has 6 heteroatoms. The third-order valence-electron chi connectivity index (χ3n) is 4.24. The number of likely N-dealkylation sites (N-methyl/N-ethyl adjacent to an activating group) is 1. The number of imide groups is 1. The number of carbonyl (C=O) groups excluding carboxylic acids is 2. The van der Waals surface area contributed by atoms with Gasteiger partial charge in [-0.25, -0.2) is 4.79 Å². The van der Waals surface area contributed by atoms with E-state index in [0.29, 0.717) is 0 Å². The number of ether oxygens (including phenoxy) is 1. The molecule has 0 radical (unpaired) electrons. The quantitative estimate of drug-likeness (QED) is 0.759. The second-order valence-electron chi connectivity index (χ2n) is 5.46. The summed E-state index contributed by atoms with van der Waals surface area (Å²) in [6.07, 6.45) is 3.68.